The molecule has 2 atom stereocenters. The minimum atomic E-state index is -0.327. The van der Waals surface area contributed by atoms with Crippen LogP contribution in [0.15, 0.2) is 59.4 Å². The summed E-state index contributed by atoms with van der Waals surface area (Å²) in [4.78, 5) is 28.3. The molecule has 0 radical (unpaired) electrons. The third-order valence-electron chi connectivity index (χ3n) is 5.32. The third kappa shape index (κ3) is 3.06. The fourth-order valence-corrected chi connectivity index (χ4v) is 5.05. The van der Waals surface area contributed by atoms with E-state index in [1.54, 1.807) is 21.4 Å². The first kappa shape index (κ1) is 19.4. The molecule has 1 aliphatic rings. The van der Waals surface area contributed by atoms with Crippen molar-refractivity contribution >= 4 is 23.4 Å². The van der Waals surface area contributed by atoms with Crippen molar-refractivity contribution in [2.45, 2.75) is 24.5 Å². The Kier molecular flexibility index (Phi) is 5.00. The average molecular weight is 410 g/mol. The number of ether oxygens (including phenoxy) is 1. The maximum absolute atomic E-state index is 13.5. The molecular weight excluding hydrogens is 386 g/mol. The highest BCUT2D eigenvalue weighted by Crippen LogP contribution is 2.47. The lowest BCUT2D eigenvalue weighted by molar-refractivity contribution is -0.117. The normalized spacial score (nSPS) is 19.0. The number of methoxy groups -OCH3 is 1. The number of carbonyl (C=O) groups excluding carboxylic acids is 1. The molecule has 6 nitrogen and oxygen atoms in total. The van der Waals surface area contributed by atoms with Crippen LogP contribution in [0.25, 0.3) is 5.69 Å². The van der Waals surface area contributed by atoms with Crippen molar-refractivity contribution in [3.63, 3.8) is 0 Å². The van der Waals surface area contributed by atoms with Gasteiger partial charge in [-0.25, -0.2) is 4.68 Å². The molecule has 0 spiro atoms. The first-order chi connectivity index (χ1) is 14.0. The number of para-hydroxylation sites is 2. The Morgan fingerprint density at radius 1 is 1.00 bits per heavy atom. The van der Waals surface area contributed by atoms with Gasteiger partial charge in [-0.3, -0.25) is 19.2 Å². The van der Waals surface area contributed by atoms with Crippen molar-refractivity contribution in [1.82, 2.24) is 9.36 Å². The number of amides is 1. The van der Waals surface area contributed by atoms with E-state index in [1.807, 2.05) is 75.5 Å². The zero-order valence-electron chi connectivity index (χ0n) is 16.8. The Hall–Kier alpha value is -2.93. The van der Waals surface area contributed by atoms with E-state index < -0.39 is 0 Å². The maximum Gasteiger partial charge on any atom is 0.295 e. The summed E-state index contributed by atoms with van der Waals surface area (Å²) in [6.45, 7) is 3.75. The summed E-state index contributed by atoms with van der Waals surface area (Å²) in [5.74, 6) is 0.630. The summed E-state index contributed by atoms with van der Waals surface area (Å²) >= 11 is 1.53. The Morgan fingerprint density at radius 3 is 2.34 bits per heavy atom. The highest BCUT2D eigenvalue weighted by Gasteiger charge is 2.43. The third-order valence-corrected chi connectivity index (χ3v) is 6.65. The molecule has 0 saturated carbocycles. The summed E-state index contributed by atoms with van der Waals surface area (Å²) < 4.78 is 8.93. The predicted octanol–water partition coefficient (Wildman–Crippen LogP) is 3.66. The zero-order valence-corrected chi connectivity index (χ0v) is 17.6. The number of nitrogens with zero attached hydrogens (tertiary/aromatic N) is 3. The van der Waals surface area contributed by atoms with E-state index in [-0.39, 0.29) is 22.1 Å². The van der Waals surface area contributed by atoms with E-state index in [0.29, 0.717) is 11.4 Å². The Morgan fingerprint density at radius 2 is 1.66 bits per heavy atom. The highest BCUT2D eigenvalue weighted by molar-refractivity contribution is 8.01. The first-order valence-electron chi connectivity index (χ1n) is 9.41. The minimum Gasteiger partial charge on any atom is -0.496 e. The fourth-order valence-electron chi connectivity index (χ4n) is 3.77. The van der Waals surface area contributed by atoms with Crippen LogP contribution in [0.3, 0.4) is 0 Å². The Labute approximate surface area is 173 Å². The van der Waals surface area contributed by atoms with Crippen molar-refractivity contribution in [1.29, 1.82) is 0 Å². The molecule has 1 fully saturated rings. The molecule has 0 bridgehead atoms. The second-order valence-electron chi connectivity index (χ2n) is 6.99. The fraction of sp³-hybridized carbons (Fsp3) is 0.273. The number of thioether (sulfide) groups is 1. The Balaban J connectivity index is 1.91. The summed E-state index contributed by atoms with van der Waals surface area (Å²) in [7, 11) is 3.45. The number of carbonyl (C=O) groups is 1. The van der Waals surface area contributed by atoms with E-state index in [0.717, 1.165) is 16.9 Å². The van der Waals surface area contributed by atoms with E-state index in [9.17, 15) is 9.59 Å². The van der Waals surface area contributed by atoms with Crippen molar-refractivity contribution in [3.05, 3.63) is 76.2 Å². The molecule has 2 heterocycles. The van der Waals surface area contributed by atoms with Gasteiger partial charge in [-0.2, -0.15) is 0 Å². The molecule has 2 aromatic carbocycles. The van der Waals surface area contributed by atoms with Crippen LogP contribution >= 0.6 is 11.8 Å². The van der Waals surface area contributed by atoms with E-state index in [1.165, 1.54) is 11.8 Å². The second kappa shape index (κ2) is 7.48. The van der Waals surface area contributed by atoms with Crippen LogP contribution in [0.5, 0.6) is 5.75 Å². The zero-order chi connectivity index (χ0) is 20.7. The van der Waals surface area contributed by atoms with E-state index >= 15 is 0 Å². The number of anilines is 1. The van der Waals surface area contributed by atoms with Gasteiger partial charge in [0.2, 0.25) is 5.91 Å². The van der Waals surface area contributed by atoms with Gasteiger partial charge in [0.05, 0.1) is 23.7 Å². The van der Waals surface area contributed by atoms with Gasteiger partial charge in [-0.05, 0) is 32.0 Å². The second-order valence-corrected chi connectivity index (χ2v) is 8.42. The number of hydrogen-bond donors (Lipinski definition) is 0. The standard InChI is InChI=1S/C22H23N3O3S/c1-14-19(21(27)25(23(14)3)16-10-6-5-7-11-16)24-20(26)15(2)29-22(24)17-12-8-9-13-18(17)28-4/h5-13,15,22H,1-4H3/t15-,22+/m1/s1. The van der Waals surface area contributed by atoms with Gasteiger partial charge in [-0.1, -0.05) is 36.4 Å². The number of hydrogen-bond acceptors (Lipinski definition) is 4. The molecule has 0 N–H and O–H groups in total. The molecule has 1 aliphatic heterocycles. The van der Waals surface area contributed by atoms with E-state index in [2.05, 4.69) is 0 Å². The topological polar surface area (TPSA) is 56.5 Å². The van der Waals surface area contributed by atoms with Gasteiger partial charge in [0.15, 0.2) is 0 Å². The van der Waals surface area contributed by atoms with Crippen LogP contribution in [-0.4, -0.2) is 27.6 Å². The molecule has 29 heavy (non-hydrogen) atoms. The largest absolute Gasteiger partial charge is 0.496 e. The molecule has 7 heteroatoms. The Bertz CT molecular complexity index is 1120. The predicted molar refractivity (Wildman–Crippen MR) is 116 cm³/mol. The van der Waals surface area contributed by atoms with Gasteiger partial charge in [-0.15, -0.1) is 11.8 Å². The quantitative estimate of drug-likeness (QED) is 0.660. The summed E-state index contributed by atoms with van der Waals surface area (Å²) in [6.07, 6.45) is 0. The molecule has 1 aromatic heterocycles. The molecule has 0 unspecified atom stereocenters. The van der Waals surface area contributed by atoms with Gasteiger partial charge < -0.3 is 4.74 Å². The maximum atomic E-state index is 13.5. The molecule has 1 saturated heterocycles. The molecule has 0 aliphatic carbocycles. The highest BCUT2D eigenvalue weighted by atomic mass is 32.2. The van der Waals surface area contributed by atoms with Crippen LogP contribution in [0.1, 0.15) is 23.6 Å². The van der Waals surface area contributed by atoms with Gasteiger partial charge in [0.25, 0.3) is 5.56 Å². The van der Waals surface area contributed by atoms with Crippen molar-refractivity contribution < 1.29 is 9.53 Å². The lowest BCUT2D eigenvalue weighted by atomic mass is 10.1. The summed E-state index contributed by atoms with van der Waals surface area (Å²) in [5, 5.41) is -0.583. The van der Waals surface area contributed by atoms with E-state index in [4.69, 9.17) is 4.74 Å². The monoisotopic (exact) mass is 409 g/mol. The summed E-state index contributed by atoms with van der Waals surface area (Å²) in [5.41, 5.74) is 2.58. The molecule has 150 valence electrons. The number of aromatic nitrogens is 2. The molecular formula is C22H23N3O3S. The van der Waals surface area contributed by atoms with Crippen LogP contribution in [0.4, 0.5) is 5.69 Å². The van der Waals surface area contributed by atoms with Gasteiger partial charge >= 0.3 is 0 Å². The first-order valence-corrected chi connectivity index (χ1v) is 10.4. The van der Waals surface area contributed by atoms with Crippen molar-refractivity contribution in [2.75, 3.05) is 12.0 Å². The summed E-state index contributed by atoms with van der Waals surface area (Å²) in [6, 6.07) is 17.1. The number of rotatable bonds is 4. The van der Waals surface area contributed by atoms with Crippen LogP contribution in [-0.2, 0) is 11.8 Å². The number of benzene rings is 2. The van der Waals surface area contributed by atoms with Crippen LogP contribution < -0.4 is 15.2 Å². The van der Waals surface area contributed by atoms with Gasteiger partial charge in [0, 0.05) is 12.6 Å². The average Bonchev–Trinajstić information content (AvgIpc) is 3.14. The smallest absolute Gasteiger partial charge is 0.295 e. The molecule has 4 rings (SSSR count). The molecule has 3 aromatic rings. The molecule has 1 amide bonds. The lowest BCUT2D eigenvalue weighted by Crippen LogP contribution is -2.34. The lowest BCUT2D eigenvalue weighted by Gasteiger charge is -2.24. The minimum absolute atomic E-state index is 0.0723. The van der Waals surface area contributed by atoms with Crippen molar-refractivity contribution in [3.8, 4) is 11.4 Å². The SMILES string of the molecule is COc1ccccc1[C@@H]1S[C@H](C)C(=O)N1c1c(C)n(C)n(-c2ccccc2)c1=O. The van der Waals surface area contributed by atoms with Crippen molar-refractivity contribution in [2.24, 2.45) is 7.05 Å². The van der Waals surface area contributed by atoms with Crippen LogP contribution in [0.2, 0.25) is 0 Å². The van der Waals surface area contributed by atoms with Gasteiger partial charge in [0.1, 0.15) is 16.8 Å². The van der Waals surface area contributed by atoms with Crippen LogP contribution in [0, 0.1) is 6.92 Å².